The molecular formula is C11H18N4O3. The van der Waals surface area contributed by atoms with Crippen molar-refractivity contribution < 1.29 is 14.6 Å². The number of ether oxygens (including phenoxy) is 1. The van der Waals surface area contributed by atoms with Gasteiger partial charge in [0, 0.05) is 13.2 Å². The largest absolute Gasteiger partial charge is 0.394 e. The first-order chi connectivity index (χ1) is 8.67. The molecule has 1 amide bonds. The minimum absolute atomic E-state index is 0.0772. The molecule has 0 spiro atoms. The van der Waals surface area contributed by atoms with Crippen molar-refractivity contribution in [3.63, 3.8) is 0 Å². The van der Waals surface area contributed by atoms with Crippen molar-refractivity contribution in [1.29, 1.82) is 0 Å². The van der Waals surface area contributed by atoms with E-state index in [1.165, 1.54) is 17.3 Å². The first-order valence-electron chi connectivity index (χ1n) is 6.02. The summed E-state index contributed by atoms with van der Waals surface area (Å²) in [6.45, 7) is 2.78. The van der Waals surface area contributed by atoms with Gasteiger partial charge in [0.2, 0.25) is 5.91 Å². The van der Waals surface area contributed by atoms with E-state index in [1.807, 2.05) is 0 Å². The van der Waals surface area contributed by atoms with Crippen molar-refractivity contribution in [3.05, 3.63) is 12.7 Å². The topological polar surface area (TPSA) is 89.3 Å². The lowest BCUT2D eigenvalue weighted by molar-refractivity contribution is -0.128. The van der Waals surface area contributed by atoms with E-state index in [1.54, 1.807) is 6.92 Å². The third kappa shape index (κ3) is 2.68. The molecule has 0 saturated carbocycles. The zero-order valence-corrected chi connectivity index (χ0v) is 10.4. The van der Waals surface area contributed by atoms with E-state index in [0.717, 1.165) is 0 Å². The molecule has 2 N–H and O–H groups in total. The zero-order chi connectivity index (χ0) is 13.0. The molecule has 1 atom stereocenters. The summed E-state index contributed by atoms with van der Waals surface area (Å²) in [7, 11) is 0. The maximum absolute atomic E-state index is 12.1. The minimum atomic E-state index is -0.565. The Morgan fingerprint density at radius 2 is 2.33 bits per heavy atom. The Labute approximate surface area is 105 Å². The van der Waals surface area contributed by atoms with E-state index in [0.29, 0.717) is 26.1 Å². The molecule has 1 aromatic heterocycles. The Balaban J connectivity index is 2.01. The smallest absolute Gasteiger partial charge is 0.245 e. The van der Waals surface area contributed by atoms with E-state index in [9.17, 15) is 9.90 Å². The molecule has 0 aromatic carbocycles. The maximum atomic E-state index is 12.1. The van der Waals surface area contributed by atoms with Crippen LogP contribution in [0.4, 0.5) is 0 Å². The highest BCUT2D eigenvalue weighted by molar-refractivity contribution is 5.80. The molecule has 1 unspecified atom stereocenters. The molecule has 0 aliphatic carbocycles. The van der Waals surface area contributed by atoms with Crippen LogP contribution in [-0.2, 0) is 9.53 Å². The molecule has 18 heavy (non-hydrogen) atoms. The van der Waals surface area contributed by atoms with Crippen LogP contribution in [0, 0.1) is 0 Å². The second-order valence-corrected chi connectivity index (χ2v) is 4.59. The molecule has 2 rings (SSSR count). The minimum Gasteiger partial charge on any atom is -0.394 e. The average Bonchev–Trinajstić information content (AvgIpc) is 2.92. The van der Waals surface area contributed by atoms with Crippen LogP contribution < -0.4 is 5.32 Å². The molecule has 1 aliphatic rings. The van der Waals surface area contributed by atoms with Gasteiger partial charge in [-0.15, -0.1) is 0 Å². The Morgan fingerprint density at radius 3 is 2.89 bits per heavy atom. The summed E-state index contributed by atoms with van der Waals surface area (Å²) in [5.74, 6) is -0.170. The molecule has 1 aliphatic heterocycles. The number of carbonyl (C=O) groups is 1. The third-order valence-electron chi connectivity index (χ3n) is 3.35. The predicted octanol–water partition coefficient (Wildman–Crippen LogP) is -0.503. The molecule has 0 radical (unpaired) electrons. The SMILES string of the molecule is CC(C(=O)NC1(CO)CCOCC1)n1cncn1. The van der Waals surface area contributed by atoms with Gasteiger partial charge >= 0.3 is 0 Å². The first-order valence-corrected chi connectivity index (χ1v) is 6.02. The van der Waals surface area contributed by atoms with Crippen LogP contribution in [0.5, 0.6) is 0 Å². The average molecular weight is 254 g/mol. The summed E-state index contributed by atoms with van der Waals surface area (Å²) < 4.78 is 6.74. The highest BCUT2D eigenvalue weighted by atomic mass is 16.5. The number of hydrogen-bond acceptors (Lipinski definition) is 5. The molecule has 1 saturated heterocycles. The number of carbonyl (C=O) groups excluding carboxylic acids is 1. The number of aliphatic hydroxyl groups is 1. The zero-order valence-electron chi connectivity index (χ0n) is 10.4. The lowest BCUT2D eigenvalue weighted by Crippen LogP contribution is -2.55. The van der Waals surface area contributed by atoms with Crippen molar-refractivity contribution in [1.82, 2.24) is 20.1 Å². The number of nitrogens with zero attached hydrogens (tertiary/aromatic N) is 3. The van der Waals surface area contributed by atoms with Crippen LogP contribution in [0.25, 0.3) is 0 Å². The highest BCUT2D eigenvalue weighted by Crippen LogP contribution is 2.21. The number of amides is 1. The molecular weight excluding hydrogens is 236 g/mol. The summed E-state index contributed by atoms with van der Waals surface area (Å²) in [4.78, 5) is 15.9. The van der Waals surface area contributed by atoms with Gasteiger partial charge in [0.25, 0.3) is 0 Å². The van der Waals surface area contributed by atoms with Crippen LogP contribution in [0.3, 0.4) is 0 Å². The first kappa shape index (κ1) is 13.0. The Bertz CT molecular complexity index is 387. The number of hydrogen-bond donors (Lipinski definition) is 2. The van der Waals surface area contributed by atoms with Crippen molar-refractivity contribution in [3.8, 4) is 0 Å². The molecule has 1 fully saturated rings. The number of rotatable bonds is 4. The number of aromatic nitrogens is 3. The van der Waals surface area contributed by atoms with Gasteiger partial charge in [0.05, 0.1) is 12.1 Å². The predicted molar refractivity (Wildman–Crippen MR) is 62.7 cm³/mol. The summed E-state index contributed by atoms with van der Waals surface area (Å²) in [5.41, 5.74) is -0.565. The fraction of sp³-hybridized carbons (Fsp3) is 0.727. The van der Waals surface area contributed by atoms with E-state index in [4.69, 9.17) is 4.74 Å². The van der Waals surface area contributed by atoms with Gasteiger partial charge < -0.3 is 15.2 Å². The number of aliphatic hydroxyl groups excluding tert-OH is 1. The van der Waals surface area contributed by atoms with Crippen molar-refractivity contribution >= 4 is 5.91 Å². The fourth-order valence-electron chi connectivity index (χ4n) is 1.99. The quantitative estimate of drug-likeness (QED) is 0.756. The Morgan fingerprint density at radius 1 is 1.61 bits per heavy atom. The summed E-state index contributed by atoms with van der Waals surface area (Å²) in [5, 5.41) is 16.3. The maximum Gasteiger partial charge on any atom is 0.245 e. The Kier molecular flexibility index (Phi) is 3.93. The molecule has 7 nitrogen and oxygen atoms in total. The van der Waals surface area contributed by atoms with Gasteiger partial charge in [0.15, 0.2) is 0 Å². The van der Waals surface area contributed by atoms with Gasteiger partial charge in [-0.1, -0.05) is 0 Å². The van der Waals surface area contributed by atoms with E-state index < -0.39 is 11.6 Å². The van der Waals surface area contributed by atoms with Crippen molar-refractivity contribution in [2.75, 3.05) is 19.8 Å². The van der Waals surface area contributed by atoms with E-state index in [2.05, 4.69) is 15.4 Å². The van der Waals surface area contributed by atoms with Crippen LogP contribution in [-0.4, -0.2) is 51.1 Å². The van der Waals surface area contributed by atoms with Gasteiger partial charge in [0.1, 0.15) is 18.7 Å². The Hall–Kier alpha value is -1.47. The summed E-state index contributed by atoms with van der Waals surface area (Å²) >= 11 is 0. The van der Waals surface area contributed by atoms with Crippen LogP contribution in [0.1, 0.15) is 25.8 Å². The van der Waals surface area contributed by atoms with Gasteiger partial charge in [-0.25, -0.2) is 9.67 Å². The molecule has 0 bridgehead atoms. The number of nitrogens with one attached hydrogen (secondary N) is 1. The van der Waals surface area contributed by atoms with E-state index >= 15 is 0 Å². The lowest BCUT2D eigenvalue weighted by atomic mass is 9.90. The summed E-state index contributed by atoms with van der Waals surface area (Å²) in [6.07, 6.45) is 4.14. The van der Waals surface area contributed by atoms with Crippen LogP contribution >= 0.6 is 0 Å². The second kappa shape index (κ2) is 5.45. The molecule has 7 heteroatoms. The highest BCUT2D eigenvalue weighted by Gasteiger charge is 2.34. The fourth-order valence-corrected chi connectivity index (χ4v) is 1.99. The van der Waals surface area contributed by atoms with Gasteiger partial charge in [-0.3, -0.25) is 4.79 Å². The molecule has 2 heterocycles. The standard InChI is InChI=1S/C11H18N4O3/c1-9(15-8-12-7-13-15)10(17)14-11(6-16)2-4-18-5-3-11/h7-9,16H,2-6H2,1H3,(H,14,17). The van der Waals surface area contributed by atoms with Gasteiger partial charge in [-0.05, 0) is 19.8 Å². The van der Waals surface area contributed by atoms with Crippen LogP contribution in [0.15, 0.2) is 12.7 Å². The molecule has 1 aromatic rings. The van der Waals surface area contributed by atoms with E-state index in [-0.39, 0.29) is 12.5 Å². The second-order valence-electron chi connectivity index (χ2n) is 4.59. The molecule has 100 valence electrons. The normalized spacial score (nSPS) is 20.3. The van der Waals surface area contributed by atoms with Gasteiger partial charge in [-0.2, -0.15) is 5.10 Å². The van der Waals surface area contributed by atoms with Crippen molar-refractivity contribution in [2.45, 2.75) is 31.3 Å². The monoisotopic (exact) mass is 254 g/mol. The van der Waals surface area contributed by atoms with Crippen LogP contribution in [0.2, 0.25) is 0 Å². The lowest BCUT2D eigenvalue weighted by Gasteiger charge is -2.37. The third-order valence-corrected chi connectivity index (χ3v) is 3.35. The summed E-state index contributed by atoms with van der Waals surface area (Å²) in [6, 6.07) is -0.446. The van der Waals surface area contributed by atoms with Crippen molar-refractivity contribution in [2.24, 2.45) is 0 Å².